The van der Waals surface area contributed by atoms with E-state index in [1.807, 2.05) is 0 Å². The number of halogens is 3. The second kappa shape index (κ2) is 6.06. The number of nitro benzene ring substituents is 1. The van der Waals surface area contributed by atoms with Crippen molar-refractivity contribution in [2.45, 2.75) is 11.3 Å². The molecule has 18 heavy (non-hydrogen) atoms. The van der Waals surface area contributed by atoms with E-state index in [1.165, 1.54) is 0 Å². The van der Waals surface area contributed by atoms with Gasteiger partial charge in [0.2, 0.25) is 0 Å². The van der Waals surface area contributed by atoms with Gasteiger partial charge in [0.25, 0.3) is 5.69 Å². The fourth-order valence-electron chi connectivity index (χ4n) is 1.26. The van der Waals surface area contributed by atoms with Gasteiger partial charge in [-0.15, -0.1) is 11.6 Å². The van der Waals surface area contributed by atoms with Crippen LogP contribution >= 0.6 is 34.8 Å². The van der Waals surface area contributed by atoms with Gasteiger partial charge in [-0.3, -0.25) is 10.1 Å². The van der Waals surface area contributed by atoms with Crippen LogP contribution in [0.3, 0.4) is 0 Å². The molecule has 0 aliphatic rings. The Morgan fingerprint density at radius 2 is 1.78 bits per heavy atom. The van der Waals surface area contributed by atoms with Crippen LogP contribution in [-0.2, 0) is 9.84 Å². The van der Waals surface area contributed by atoms with Gasteiger partial charge in [-0.05, 0) is 12.5 Å². The highest BCUT2D eigenvalue weighted by Gasteiger charge is 2.27. The van der Waals surface area contributed by atoms with Crippen molar-refractivity contribution in [3.8, 4) is 0 Å². The molecule has 0 heterocycles. The average Bonchev–Trinajstić information content (AvgIpc) is 2.29. The lowest BCUT2D eigenvalue weighted by atomic mass is 10.3. The Morgan fingerprint density at radius 3 is 2.28 bits per heavy atom. The van der Waals surface area contributed by atoms with E-state index >= 15 is 0 Å². The molecule has 9 heteroatoms. The number of hydrogen-bond donors (Lipinski definition) is 0. The Bertz CT molecular complexity index is 573. The summed E-state index contributed by atoms with van der Waals surface area (Å²) in [5.74, 6) is -0.135. The third kappa shape index (κ3) is 3.47. The molecule has 5 nitrogen and oxygen atoms in total. The van der Waals surface area contributed by atoms with Gasteiger partial charge < -0.3 is 0 Å². The normalized spacial score (nSPS) is 11.5. The van der Waals surface area contributed by atoms with Gasteiger partial charge in [0.15, 0.2) is 9.84 Å². The van der Waals surface area contributed by atoms with Gasteiger partial charge >= 0.3 is 0 Å². The van der Waals surface area contributed by atoms with Crippen molar-refractivity contribution >= 4 is 50.3 Å². The van der Waals surface area contributed by atoms with Crippen LogP contribution in [0.5, 0.6) is 0 Å². The predicted octanol–water partition coefficient (Wildman–Crippen LogP) is 3.30. The monoisotopic (exact) mass is 331 g/mol. The molecule has 0 N–H and O–H groups in total. The maximum atomic E-state index is 11.9. The SMILES string of the molecule is O=[N+]([O-])c1cc(Cl)c(Cl)cc1S(=O)(=O)CCCCl. The highest BCUT2D eigenvalue weighted by molar-refractivity contribution is 7.91. The van der Waals surface area contributed by atoms with Gasteiger partial charge in [-0.1, -0.05) is 23.2 Å². The Morgan fingerprint density at radius 1 is 1.22 bits per heavy atom. The van der Waals surface area contributed by atoms with Gasteiger partial charge in [0.1, 0.15) is 4.90 Å². The fourth-order valence-corrected chi connectivity index (χ4v) is 3.44. The molecule has 0 saturated heterocycles. The second-order valence-corrected chi connectivity index (χ2v) is 6.62. The number of rotatable bonds is 5. The third-order valence-electron chi connectivity index (χ3n) is 2.08. The molecule has 100 valence electrons. The molecular weight excluding hydrogens is 325 g/mol. The molecule has 0 aliphatic carbocycles. The molecule has 1 aromatic rings. The Balaban J connectivity index is 3.39. The molecular formula is C9H8Cl3NO4S. The molecule has 0 bridgehead atoms. The van der Waals surface area contributed by atoms with Crippen LogP contribution in [0.2, 0.25) is 10.0 Å². The molecule has 0 aliphatic heterocycles. The summed E-state index contributed by atoms with van der Waals surface area (Å²) in [5.41, 5.74) is -0.584. The van der Waals surface area contributed by atoms with Crippen LogP contribution in [-0.4, -0.2) is 25.0 Å². The molecule has 0 unspecified atom stereocenters. The lowest BCUT2D eigenvalue weighted by Crippen LogP contribution is -2.10. The standard InChI is InChI=1S/C9H8Cl3NO4S/c10-2-1-3-18(16,17)9-5-7(12)6(11)4-8(9)13(14)15/h4-5H,1-3H2. The molecule has 1 rings (SSSR count). The van der Waals surface area contributed by atoms with Crippen LogP contribution < -0.4 is 0 Å². The second-order valence-electron chi connectivity index (χ2n) is 3.35. The van der Waals surface area contributed by atoms with E-state index in [2.05, 4.69) is 0 Å². The van der Waals surface area contributed by atoms with E-state index in [0.29, 0.717) is 0 Å². The number of sulfone groups is 1. The number of nitrogens with zero attached hydrogens (tertiary/aromatic N) is 1. The maximum Gasteiger partial charge on any atom is 0.289 e. The summed E-state index contributed by atoms with van der Waals surface area (Å²) in [7, 11) is -3.81. The van der Waals surface area contributed by atoms with E-state index in [4.69, 9.17) is 34.8 Å². The first kappa shape index (κ1) is 15.5. The van der Waals surface area contributed by atoms with Crippen LogP contribution in [0.4, 0.5) is 5.69 Å². The zero-order valence-corrected chi connectivity index (χ0v) is 12.0. The molecule has 0 fully saturated rings. The summed E-state index contributed by atoms with van der Waals surface area (Å²) in [4.78, 5) is 9.57. The van der Waals surface area contributed by atoms with Crippen molar-refractivity contribution in [1.29, 1.82) is 0 Å². The summed E-state index contributed by atoms with van der Waals surface area (Å²) in [6, 6.07) is 1.92. The molecule has 0 amide bonds. The van der Waals surface area contributed by atoms with Crippen molar-refractivity contribution in [1.82, 2.24) is 0 Å². The minimum atomic E-state index is -3.81. The van der Waals surface area contributed by atoms with Crippen LogP contribution in [0, 0.1) is 10.1 Å². The average molecular weight is 333 g/mol. The van der Waals surface area contributed by atoms with Crippen molar-refractivity contribution in [3.63, 3.8) is 0 Å². The minimum Gasteiger partial charge on any atom is -0.258 e. The first-order valence-electron chi connectivity index (χ1n) is 4.71. The maximum absolute atomic E-state index is 11.9. The molecule has 0 radical (unpaired) electrons. The summed E-state index contributed by atoms with van der Waals surface area (Å²) < 4.78 is 23.8. The van der Waals surface area contributed by atoms with E-state index in [1.54, 1.807) is 0 Å². The topological polar surface area (TPSA) is 77.3 Å². The van der Waals surface area contributed by atoms with Crippen molar-refractivity contribution < 1.29 is 13.3 Å². The number of hydrogen-bond acceptors (Lipinski definition) is 4. The van der Waals surface area contributed by atoms with Gasteiger partial charge in [0, 0.05) is 11.9 Å². The van der Waals surface area contributed by atoms with E-state index in [-0.39, 0.29) is 28.1 Å². The number of nitro groups is 1. The number of alkyl halides is 1. The lowest BCUT2D eigenvalue weighted by Gasteiger charge is -2.06. The predicted molar refractivity (Wildman–Crippen MR) is 70.5 cm³/mol. The first-order valence-corrected chi connectivity index (χ1v) is 7.66. The largest absolute Gasteiger partial charge is 0.289 e. The zero-order valence-electron chi connectivity index (χ0n) is 8.90. The first-order chi connectivity index (χ1) is 8.29. The highest BCUT2D eigenvalue weighted by atomic mass is 35.5. The quantitative estimate of drug-likeness (QED) is 0.471. The molecule has 0 saturated carbocycles. The summed E-state index contributed by atoms with van der Waals surface area (Å²) in [6.07, 6.45) is 0.196. The molecule has 0 spiro atoms. The highest BCUT2D eigenvalue weighted by Crippen LogP contribution is 2.33. The van der Waals surface area contributed by atoms with Gasteiger partial charge in [0.05, 0.1) is 20.7 Å². The molecule has 0 aromatic heterocycles. The van der Waals surface area contributed by atoms with Gasteiger partial charge in [-0.25, -0.2) is 8.42 Å². The van der Waals surface area contributed by atoms with Crippen LogP contribution in [0.25, 0.3) is 0 Å². The van der Waals surface area contributed by atoms with Crippen molar-refractivity contribution in [2.75, 3.05) is 11.6 Å². The summed E-state index contributed by atoms with van der Waals surface area (Å²) in [5, 5.41) is 10.7. The van der Waals surface area contributed by atoms with Gasteiger partial charge in [-0.2, -0.15) is 0 Å². The third-order valence-corrected chi connectivity index (χ3v) is 4.89. The summed E-state index contributed by atoms with van der Waals surface area (Å²) >= 11 is 16.7. The van der Waals surface area contributed by atoms with E-state index in [0.717, 1.165) is 12.1 Å². The number of benzene rings is 1. The van der Waals surface area contributed by atoms with Crippen molar-refractivity contribution in [2.24, 2.45) is 0 Å². The zero-order chi connectivity index (χ0) is 13.9. The fraction of sp³-hybridized carbons (Fsp3) is 0.333. The molecule has 0 atom stereocenters. The Labute approximate surface area is 119 Å². The van der Waals surface area contributed by atoms with Crippen molar-refractivity contribution in [3.05, 3.63) is 32.3 Å². The van der Waals surface area contributed by atoms with E-state index < -0.39 is 25.3 Å². The molecule has 1 aromatic carbocycles. The van der Waals surface area contributed by atoms with Crippen LogP contribution in [0.1, 0.15) is 6.42 Å². The lowest BCUT2D eigenvalue weighted by molar-refractivity contribution is -0.387. The summed E-state index contributed by atoms with van der Waals surface area (Å²) in [6.45, 7) is 0. The minimum absolute atomic E-state index is 0.0493. The van der Waals surface area contributed by atoms with Crippen LogP contribution in [0.15, 0.2) is 17.0 Å². The Kier molecular flexibility index (Phi) is 5.21. The Hall–Kier alpha value is -0.560. The van der Waals surface area contributed by atoms with E-state index in [9.17, 15) is 18.5 Å². The smallest absolute Gasteiger partial charge is 0.258 e.